The predicted molar refractivity (Wildman–Crippen MR) is 92.5 cm³/mol. The van der Waals surface area contributed by atoms with Gasteiger partial charge in [0.15, 0.2) is 6.61 Å². The third-order valence-corrected chi connectivity index (χ3v) is 4.02. The third kappa shape index (κ3) is 3.93. The van der Waals surface area contributed by atoms with Crippen molar-refractivity contribution in [3.05, 3.63) is 47.4 Å². The number of hydrogen-bond acceptors (Lipinski definition) is 4. The first-order valence-electron chi connectivity index (χ1n) is 8.12. The molecule has 7 nitrogen and oxygen atoms in total. The molecule has 3 amide bonds. The molecule has 3 N–H and O–H groups in total. The van der Waals surface area contributed by atoms with Gasteiger partial charge in [-0.25, -0.2) is 4.79 Å². The van der Waals surface area contributed by atoms with Crippen molar-refractivity contribution >= 4 is 17.6 Å². The molecule has 1 aliphatic rings. The number of carbonyl (C=O) groups excluding carboxylic acids is 2. The van der Waals surface area contributed by atoms with Crippen LogP contribution < -0.4 is 20.7 Å². The standard InChI is InChI=1S/C18H21N3O4/c1-10-4-6-15(25-10)12(3)20-18(23)19-11(2)13-5-7-16-14(8-13)21-17(22)9-24-16/h4-8,11-12H,9H2,1-3H3,(H,21,22)(H2,19,20,23). The Morgan fingerprint density at radius 3 is 2.64 bits per heavy atom. The number of carbonyl (C=O) groups is 2. The van der Waals surface area contributed by atoms with Gasteiger partial charge in [-0.3, -0.25) is 4.79 Å². The summed E-state index contributed by atoms with van der Waals surface area (Å²) in [6.45, 7) is 5.60. The number of benzene rings is 1. The van der Waals surface area contributed by atoms with E-state index in [9.17, 15) is 9.59 Å². The van der Waals surface area contributed by atoms with Crippen LogP contribution in [-0.4, -0.2) is 18.5 Å². The highest BCUT2D eigenvalue weighted by atomic mass is 16.5. The minimum atomic E-state index is -0.299. The maximum Gasteiger partial charge on any atom is 0.315 e. The van der Waals surface area contributed by atoms with Crippen molar-refractivity contribution < 1.29 is 18.7 Å². The maximum atomic E-state index is 12.2. The number of fused-ring (bicyclic) bond motifs is 1. The van der Waals surface area contributed by atoms with Crippen LogP contribution >= 0.6 is 0 Å². The van der Waals surface area contributed by atoms with Crippen molar-refractivity contribution in [1.29, 1.82) is 0 Å². The first kappa shape index (κ1) is 16.9. The number of hydrogen-bond donors (Lipinski definition) is 3. The molecule has 1 aliphatic heterocycles. The van der Waals surface area contributed by atoms with Gasteiger partial charge in [0.05, 0.1) is 17.8 Å². The van der Waals surface area contributed by atoms with Crippen molar-refractivity contribution in [3.63, 3.8) is 0 Å². The Kier molecular flexibility index (Phi) is 4.65. The Morgan fingerprint density at radius 1 is 1.16 bits per heavy atom. The molecule has 3 rings (SSSR count). The molecule has 0 fully saturated rings. The molecule has 2 unspecified atom stereocenters. The molecule has 0 radical (unpaired) electrons. The fourth-order valence-corrected chi connectivity index (χ4v) is 2.65. The number of ether oxygens (including phenoxy) is 1. The number of aryl methyl sites for hydroxylation is 1. The van der Waals surface area contributed by atoms with E-state index in [1.54, 1.807) is 12.1 Å². The van der Waals surface area contributed by atoms with Crippen molar-refractivity contribution in [1.82, 2.24) is 10.6 Å². The van der Waals surface area contributed by atoms with E-state index < -0.39 is 0 Å². The molecule has 7 heteroatoms. The number of anilines is 1. The largest absolute Gasteiger partial charge is 0.482 e. The Labute approximate surface area is 145 Å². The molecule has 132 valence electrons. The molecule has 2 aromatic rings. The van der Waals surface area contributed by atoms with E-state index >= 15 is 0 Å². The second-order valence-electron chi connectivity index (χ2n) is 6.10. The van der Waals surface area contributed by atoms with Gasteiger partial charge >= 0.3 is 6.03 Å². The first-order chi connectivity index (χ1) is 11.9. The van der Waals surface area contributed by atoms with Gasteiger partial charge in [-0.15, -0.1) is 0 Å². The van der Waals surface area contributed by atoms with Crippen LogP contribution in [0.5, 0.6) is 5.75 Å². The summed E-state index contributed by atoms with van der Waals surface area (Å²) in [5.74, 6) is 1.94. The minimum absolute atomic E-state index is 0.0205. The van der Waals surface area contributed by atoms with Crippen LogP contribution in [0.4, 0.5) is 10.5 Å². The minimum Gasteiger partial charge on any atom is -0.482 e. The highest BCUT2D eigenvalue weighted by Gasteiger charge is 2.19. The Hall–Kier alpha value is -2.96. The lowest BCUT2D eigenvalue weighted by atomic mass is 10.1. The van der Waals surface area contributed by atoms with E-state index in [-0.39, 0.29) is 30.6 Å². The van der Waals surface area contributed by atoms with Crippen LogP contribution in [0.15, 0.2) is 34.7 Å². The van der Waals surface area contributed by atoms with Gasteiger partial charge in [-0.05, 0) is 50.6 Å². The number of amides is 3. The zero-order valence-electron chi connectivity index (χ0n) is 14.4. The summed E-state index contributed by atoms with van der Waals surface area (Å²) >= 11 is 0. The number of rotatable bonds is 4. The average Bonchev–Trinajstić information content (AvgIpc) is 3.00. The van der Waals surface area contributed by atoms with Crippen molar-refractivity contribution in [2.75, 3.05) is 11.9 Å². The zero-order valence-corrected chi connectivity index (χ0v) is 14.4. The Bertz CT molecular complexity index is 799. The number of furan rings is 1. The molecule has 25 heavy (non-hydrogen) atoms. The van der Waals surface area contributed by atoms with Crippen molar-refractivity contribution in [2.45, 2.75) is 32.9 Å². The third-order valence-electron chi connectivity index (χ3n) is 4.02. The molecule has 0 bridgehead atoms. The lowest BCUT2D eigenvalue weighted by molar-refractivity contribution is -0.118. The summed E-state index contributed by atoms with van der Waals surface area (Å²) in [6.07, 6.45) is 0. The lowest BCUT2D eigenvalue weighted by Gasteiger charge is -2.21. The molecule has 0 saturated carbocycles. The van der Waals surface area contributed by atoms with E-state index in [1.165, 1.54) is 0 Å². The number of nitrogens with one attached hydrogen (secondary N) is 3. The van der Waals surface area contributed by atoms with Crippen LogP contribution in [0.3, 0.4) is 0 Å². The fraction of sp³-hybridized carbons (Fsp3) is 0.333. The van der Waals surface area contributed by atoms with Gasteiger partial charge in [0, 0.05) is 0 Å². The van der Waals surface area contributed by atoms with Crippen LogP contribution in [-0.2, 0) is 4.79 Å². The highest BCUT2D eigenvalue weighted by molar-refractivity contribution is 5.95. The quantitative estimate of drug-likeness (QED) is 0.795. The Balaban J connectivity index is 1.61. The summed E-state index contributed by atoms with van der Waals surface area (Å²) in [5.41, 5.74) is 1.48. The molecule has 0 spiro atoms. The zero-order chi connectivity index (χ0) is 18.0. The Morgan fingerprint density at radius 2 is 1.92 bits per heavy atom. The summed E-state index contributed by atoms with van der Waals surface area (Å²) < 4.78 is 10.8. The van der Waals surface area contributed by atoms with Gasteiger partial charge in [0.25, 0.3) is 5.91 Å². The van der Waals surface area contributed by atoms with Crippen molar-refractivity contribution in [3.8, 4) is 5.75 Å². The van der Waals surface area contributed by atoms with Gasteiger partial charge in [-0.1, -0.05) is 6.07 Å². The fourth-order valence-electron chi connectivity index (χ4n) is 2.65. The molecule has 1 aromatic heterocycles. The number of urea groups is 1. The van der Waals surface area contributed by atoms with E-state index in [4.69, 9.17) is 9.15 Å². The lowest BCUT2D eigenvalue weighted by Crippen LogP contribution is -2.38. The van der Waals surface area contributed by atoms with Crippen LogP contribution in [0, 0.1) is 6.92 Å². The van der Waals surface area contributed by atoms with Gasteiger partial charge < -0.3 is 25.1 Å². The molecule has 2 heterocycles. The van der Waals surface area contributed by atoms with E-state index in [1.807, 2.05) is 39.0 Å². The van der Waals surface area contributed by atoms with Gasteiger partial charge in [-0.2, -0.15) is 0 Å². The van der Waals surface area contributed by atoms with E-state index in [2.05, 4.69) is 16.0 Å². The molecule has 0 saturated heterocycles. The predicted octanol–water partition coefficient (Wildman–Crippen LogP) is 3.04. The highest BCUT2D eigenvalue weighted by Crippen LogP contribution is 2.30. The molecular formula is C18H21N3O4. The average molecular weight is 343 g/mol. The second kappa shape index (κ2) is 6.88. The van der Waals surface area contributed by atoms with Crippen LogP contribution in [0.1, 0.15) is 43.0 Å². The summed E-state index contributed by atoms with van der Waals surface area (Å²) in [5, 5.41) is 8.48. The van der Waals surface area contributed by atoms with Crippen LogP contribution in [0.25, 0.3) is 0 Å². The topological polar surface area (TPSA) is 92.6 Å². The van der Waals surface area contributed by atoms with Gasteiger partial charge in [0.2, 0.25) is 0 Å². The summed E-state index contributed by atoms with van der Waals surface area (Å²) in [6, 6.07) is 8.37. The summed E-state index contributed by atoms with van der Waals surface area (Å²) in [7, 11) is 0. The molecular weight excluding hydrogens is 322 g/mol. The molecule has 0 aliphatic carbocycles. The smallest absolute Gasteiger partial charge is 0.315 e. The summed E-state index contributed by atoms with van der Waals surface area (Å²) in [4.78, 5) is 23.6. The van der Waals surface area contributed by atoms with Crippen LogP contribution in [0.2, 0.25) is 0 Å². The maximum absolute atomic E-state index is 12.2. The normalized spacial score (nSPS) is 15.4. The van der Waals surface area contributed by atoms with Gasteiger partial charge in [0.1, 0.15) is 17.3 Å². The van der Waals surface area contributed by atoms with E-state index in [0.29, 0.717) is 17.2 Å². The van der Waals surface area contributed by atoms with E-state index in [0.717, 1.165) is 11.3 Å². The monoisotopic (exact) mass is 343 g/mol. The molecule has 1 aromatic carbocycles. The first-order valence-corrected chi connectivity index (χ1v) is 8.12. The SMILES string of the molecule is Cc1ccc(C(C)NC(=O)NC(C)c2ccc3c(c2)NC(=O)CO3)o1. The molecule has 2 atom stereocenters. The second-order valence-corrected chi connectivity index (χ2v) is 6.10. The van der Waals surface area contributed by atoms with Crippen molar-refractivity contribution in [2.24, 2.45) is 0 Å².